The van der Waals surface area contributed by atoms with Crippen molar-refractivity contribution < 1.29 is 19.1 Å². The fourth-order valence-corrected chi connectivity index (χ4v) is 2.42. The summed E-state index contributed by atoms with van der Waals surface area (Å²) < 4.78 is 11.1. The van der Waals surface area contributed by atoms with Crippen LogP contribution in [-0.2, 0) is 9.59 Å². The number of nitrogens with zero attached hydrogens (tertiary/aromatic N) is 1. The van der Waals surface area contributed by atoms with Crippen molar-refractivity contribution in [2.24, 2.45) is 5.10 Å². The third kappa shape index (κ3) is 5.89. The molecule has 7 nitrogen and oxygen atoms in total. The number of carbonyl (C=O) groups is 2. The van der Waals surface area contributed by atoms with Crippen molar-refractivity contribution in [2.75, 3.05) is 19.5 Å². The van der Waals surface area contributed by atoms with Crippen LogP contribution in [0.4, 0.5) is 5.69 Å². The summed E-state index contributed by atoms with van der Waals surface area (Å²) in [5.74, 6) is 0.325. The number of amides is 2. The fourth-order valence-electron chi connectivity index (χ4n) is 2.04. The Morgan fingerprint density at radius 1 is 1.08 bits per heavy atom. The topological polar surface area (TPSA) is 89.0 Å². The van der Waals surface area contributed by atoms with Crippen LogP contribution in [0.1, 0.15) is 12.0 Å². The molecular formula is C18H18BrN3O4. The van der Waals surface area contributed by atoms with Gasteiger partial charge in [-0.15, -0.1) is 0 Å². The van der Waals surface area contributed by atoms with E-state index in [0.29, 0.717) is 22.7 Å². The van der Waals surface area contributed by atoms with E-state index in [-0.39, 0.29) is 6.42 Å². The number of hydrogen-bond acceptors (Lipinski definition) is 5. The number of halogens is 1. The van der Waals surface area contributed by atoms with Crippen molar-refractivity contribution in [2.45, 2.75) is 6.42 Å². The van der Waals surface area contributed by atoms with Gasteiger partial charge in [-0.1, -0.05) is 15.9 Å². The van der Waals surface area contributed by atoms with Gasteiger partial charge in [0.1, 0.15) is 17.9 Å². The van der Waals surface area contributed by atoms with Crippen LogP contribution in [0.5, 0.6) is 11.5 Å². The van der Waals surface area contributed by atoms with Crippen LogP contribution in [0, 0.1) is 0 Å². The molecule has 136 valence electrons. The molecular weight excluding hydrogens is 402 g/mol. The summed E-state index contributed by atoms with van der Waals surface area (Å²) in [5.41, 5.74) is 3.58. The van der Waals surface area contributed by atoms with Gasteiger partial charge >= 0.3 is 0 Å². The molecule has 0 heterocycles. The third-order valence-electron chi connectivity index (χ3n) is 3.28. The zero-order valence-corrected chi connectivity index (χ0v) is 15.9. The van der Waals surface area contributed by atoms with E-state index in [1.807, 2.05) is 6.07 Å². The molecule has 8 heteroatoms. The van der Waals surface area contributed by atoms with Crippen molar-refractivity contribution in [1.29, 1.82) is 0 Å². The van der Waals surface area contributed by atoms with Crippen molar-refractivity contribution >= 4 is 39.6 Å². The standard InChI is InChI=1S/C18H18BrN3O4/c1-25-15-6-4-14(5-7-15)21-17(23)10-18(24)22-20-11-12-9-13(19)3-8-16(12)26-2/h3-9,11H,10H2,1-2H3,(H,21,23)(H,22,24). The van der Waals surface area contributed by atoms with E-state index in [1.165, 1.54) is 6.21 Å². The predicted octanol–water partition coefficient (Wildman–Crippen LogP) is 2.95. The third-order valence-corrected chi connectivity index (χ3v) is 3.77. The van der Waals surface area contributed by atoms with Crippen molar-refractivity contribution in [3.05, 3.63) is 52.5 Å². The SMILES string of the molecule is COc1ccc(NC(=O)CC(=O)NN=Cc2cc(Br)ccc2OC)cc1. The number of rotatable bonds is 7. The molecule has 2 aromatic carbocycles. The largest absolute Gasteiger partial charge is 0.497 e. The van der Waals surface area contributed by atoms with Gasteiger partial charge in [-0.3, -0.25) is 9.59 Å². The maximum absolute atomic E-state index is 11.9. The van der Waals surface area contributed by atoms with E-state index in [4.69, 9.17) is 9.47 Å². The lowest BCUT2D eigenvalue weighted by Gasteiger charge is -2.06. The van der Waals surface area contributed by atoms with Gasteiger partial charge in [0.25, 0.3) is 0 Å². The van der Waals surface area contributed by atoms with E-state index < -0.39 is 11.8 Å². The summed E-state index contributed by atoms with van der Waals surface area (Å²) in [7, 11) is 3.10. The van der Waals surface area contributed by atoms with Gasteiger partial charge in [-0.2, -0.15) is 5.10 Å². The summed E-state index contributed by atoms with van der Waals surface area (Å²) in [6.45, 7) is 0. The summed E-state index contributed by atoms with van der Waals surface area (Å²) in [6.07, 6.45) is 1.10. The molecule has 0 aliphatic heterocycles. The maximum atomic E-state index is 11.9. The van der Waals surface area contributed by atoms with E-state index in [1.54, 1.807) is 50.6 Å². The molecule has 0 saturated carbocycles. The molecule has 0 spiro atoms. The van der Waals surface area contributed by atoms with Gasteiger partial charge in [-0.25, -0.2) is 5.43 Å². The Morgan fingerprint density at radius 3 is 2.46 bits per heavy atom. The molecule has 0 aromatic heterocycles. The first kappa shape index (κ1) is 19.5. The second-order valence-corrected chi connectivity index (χ2v) is 6.05. The van der Waals surface area contributed by atoms with Crippen LogP contribution in [0.2, 0.25) is 0 Å². The van der Waals surface area contributed by atoms with Crippen LogP contribution in [0.25, 0.3) is 0 Å². The highest BCUT2D eigenvalue weighted by Crippen LogP contribution is 2.21. The van der Waals surface area contributed by atoms with E-state index >= 15 is 0 Å². The molecule has 2 N–H and O–H groups in total. The van der Waals surface area contributed by atoms with E-state index in [0.717, 1.165) is 4.47 Å². The molecule has 0 fully saturated rings. The van der Waals surface area contributed by atoms with Crippen LogP contribution < -0.4 is 20.2 Å². The van der Waals surface area contributed by atoms with Crippen LogP contribution in [-0.4, -0.2) is 32.2 Å². The Bertz CT molecular complexity index is 807. The summed E-state index contributed by atoms with van der Waals surface area (Å²) in [6, 6.07) is 12.2. The zero-order chi connectivity index (χ0) is 18.9. The molecule has 0 aliphatic rings. The fraction of sp³-hybridized carbons (Fsp3) is 0.167. The Hall–Kier alpha value is -2.87. The minimum Gasteiger partial charge on any atom is -0.497 e. The van der Waals surface area contributed by atoms with E-state index in [9.17, 15) is 9.59 Å². The van der Waals surface area contributed by atoms with Gasteiger partial charge in [0, 0.05) is 15.7 Å². The summed E-state index contributed by atoms with van der Waals surface area (Å²) >= 11 is 3.35. The average Bonchev–Trinajstić information content (AvgIpc) is 2.62. The molecule has 2 rings (SSSR count). The lowest BCUT2D eigenvalue weighted by molar-refractivity contribution is -0.126. The normalized spacial score (nSPS) is 10.4. The number of ether oxygens (including phenoxy) is 2. The van der Waals surface area contributed by atoms with Crippen LogP contribution in [0.15, 0.2) is 52.0 Å². The lowest BCUT2D eigenvalue weighted by Crippen LogP contribution is -2.24. The molecule has 2 amide bonds. The van der Waals surface area contributed by atoms with Crippen LogP contribution >= 0.6 is 15.9 Å². The molecule has 26 heavy (non-hydrogen) atoms. The number of hydrogen-bond donors (Lipinski definition) is 2. The van der Waals surface area contributed by atoms with Crippen molar-refractivity contribution in [3.8, 4) is 11.5 Å². The number of carbonyl (C=O) groups excluding carboxylic acids is 2. The van der Waals surface area contributed by atoms with Gasteiger partial charge in [0.2, 0.25) is 11.8 Å². The molecule has 0 bridgehead atoms. The Labute approximate surface area is 159 Å². The summed E-state index contributed by atoms with van der Waals surface area (Å²) in [5, 5.41) is 6.48. The smallest absolute Gasteiger partial charge is 0.249 e. The number of hydrazone groups is 1. The van der Waals surface area contributed by atoms with Gasteiger partial charge in [-0.05, 0) is 42.5 Å². The number of nitrogens with one attached hydrogen (secondary N) is 2. The summed E-state index contributed by atoms with van der Waals surface area (Å²) in [4.78, 5) is 23.7. The molecule has 2 aromatic rings. The first-order valence-corrected chi connectivity index (χ1v) is 8.40. The molecule has 0 saturated heterocycles. The molecule has 0 radical (unpaired) electrons. The number of anilines is 1. The van der Waals surface area contributed by atoms with Crippen molar-refractivity contribution in [3.63, 3.8) is 0 Å². The Kier molecular flexibility index (Phi) is 7.16. The monoisotopic (exact) mass is 419 g/mol. The second-order valence-electron chi connectivity index (χ2n) is 5.13. The highest BCUT2D eigenvalue weighted by atomic mass is 79.9. The van der Waals surface area contributed by atoms with Crippen molar-refractivity contribution in [1.82, 2.24) is 5.43 Å². The molecule has 0 unspecified atom stereocenters. The van der Waals surface area contributed by atoms with Gasteiger partial charge in [0.05, 0.1) is 20.4 Å². The predicted molar refractivity (Wildman–Crippen MR) is 103 cm³/mol. The second kappa shape index (κ2) is 9.57. The number of benzene rings is 2. The lowest BCUT2D eigenvalue weighted by atomic mass is 10.2. The maximum Gasteiger partial charge on any atom is 0.249 e. The first-order valence-electron chi connectivity index (χ1n) is 7.61. The van der Waals surface area contributed by atoms with E-state index in [2.05, 4.69) is 31.8 Å². The van der Waals surface area contributed by atoms with Crippen LogP contribution in [0.3, 0.4) is 0 Å². The molecule has 0 aliphatic carbocycles. The minimum atomic E-state index is -0.527. The first-order chi connectivity index (χ1) is 12.5. The minimum absolute atomic E-state index is 0.348. The quantitative estimate of drug-likeness (QED) is 0.410. The van der Waals surface area contributed by atoms with Gasteiger partial charge < -0.3 is 14.8 Å². The highest BCUT2D eigenvalue weighted by Gasteiger charge is 2.09. The highest BCUT2D eigenvalue weighted by molar-refractivity contribution is 9.10. The Morgan fingerprint density at radius 2 is 1.81 bits per heavy atom. The number of methoxy groups -OCH3 is 2. The zero-order valence-electron chi connectivity index (χ0n) is 14.3. The van der Waals surface area contributed by atoms with Gasteiger partial charge in [0.15, 0.2) is 0 Å². The molecule has 0 atom stereocenters. The average molecular weight is 420 g/mol. The Balaban J connectivity index is 1.86.